The molecular formula is C11H25N3O. The summed E-state index contributed by atoms with van der Waals surface area (Å²) in [7, 11) is 1.90. The van der Waals surface area contributed by atoms with Gasteiger partial charge in [0, 0.05) is 0 Å². The molecule has 0 radical (unpaired) electrons. The molecule has 0 aromatic rings. The van der Waals surface area contributed by atoms with Crippen LogP contribution in [0.5, 0.6) is 0 Å². The van der Waals surface area contributed by atoms with Crippen molar-refractivity contribution in [2.45, 2.75) is 45.8 Å². The van der Waals surface area contributed by atoms with Crippen molar-refractivity contribution < 1.29 is 4.79 Å². The Hall–Kier alpha value is -0.450. The number of hydrogen-bond acceptors (Lipinski definition) is 4. The molecule has 0 amide bonds. The van der Waals surface area contributed by atoms with Crippen LogP contribution in [0.4, 0.5) is 0 Å². The lowest BCUT2D eigenvalue weighted by Crippen LogP contribution is -2.51. The van der Waals surface area contributed by atoms with Crippen LogP contribution < -0.4 is 16.4 Å². The third kappa shape index (κ3) is 5.87. The van der Waals surface area contributed by atoms with Crippen molar-refractivity contribution in [1.82, 2.24) is 10.6 Å². The van der Waals surface area contributed by atoms with Crippen molar-refractivity contribution in [1.29, 1.82) is 0 Å². The van der Waals surface area contributed by atoms with Gasteiger partial charge in [-0.25, -0.2) is 0 Å². The van der Waals surface area contributed by atoms with Crippen LogP contribution in [0.25, 0.3) is 0 Å². The summed E-state index contributed by atoms with van der Waals surface area (Å²) in [6.45, 7) is 6.50. The van der Waals surface area contributed by atoms with Gasteiger partial charge in [0.15, 0.2) is 0 Å². The van der Waals surface area contributed by atoms with Gasteiger partial charge in [0.1, 0.15) is 5.78 Å². The van der Waals surface area contributed by atoms with E-state index >= 15 is 0 Å². The second-order valence-electron chi connectivity index (χ2n) is 4.27. The van der Waals surface area contributed by atoms with E-state index in [9.17, 15) is 4.79 Å². The molecule has 4 heteroatoms. The van der Waals surface area contributed by atoms with E-state index in [1.54, 1.807) is 6.92 Å². The first-order valence-electron chi connectivity index (χ1n) is 5.66. The van der Waals surface area contributed by atoms with Gasteiger partial charge in [0.05, 0.1) is 12.2 Å². The van der Waals surface area contributed by atoms with Crippen molar-refractivity contribution in [3.8, 4) is 0 Å². The first kappa shape index (κ1) is 14.6. The number of rotatable bonds is 8. The summed E-state index contributed by atoms with van der Waals surface area (Å²) in [4.78, 5) is 11.4. The van der Waals surface area contributed by atoms with E-state index in [0.717, 1.165) is 12.8 Å². The average Bonchev–Trinajstić information content (AvgIpc) is 2.17. The molecule has 2 atom stereocenters. The van der Waals surface area contributed by atoms with E-state index in [2.05, 4.69) is 24.5 Å². The van der Waals surface area contributed by atoms with Crippen LogP contribution in [0.1, 0.15) is 33.6 Å². The number of ketones is 1. The summed E-state index contributed by atoms with van der Waals surface area (Å²) in [5, 5.41) is 6.49. The van der Waals surface area contributed by atoms with Gasteiger partial charge in [-0.3, -0.25) is 10.1 Å². The third-order valence-corrected chi connectivity index (χ3v) is 2.55. The zero-order valence-electron chi connectivity index (χ0n) is 10.3. The fourth-order valence-corrected chi connectivity index (χ4v) is 1.55. The van der Waals surface area contributed by atoms with Gasteiger partial charge >= 0.3 is 0 Å². The smallest absolute Gasteiger partial charge is 0.146 e. The van der Waals surface area contributed by atoms with Gasteiger partial charge in [-0.15, -0.1) is 0 Å². The van der Waals surface area contributed by atoms with Crippen LogP contribution in [0.2, 0.25) is 0 Å². The van der Waals surface area contributed by atoms with Crippen molar-refractivity contribution in [2.24, 2.45) is 11.7 Å². The number of nitrogens with two attached hydrogens (primary N) is 1. The third-order valence-electron chi connectivity index (χ3n) is 2.55. The Kier molecular flexibility index (Phi) is 7.56. The minimum Gasteiger partial charge on any atom is -0.330 e. The molecule has 0 heterocycles. The number of carbonyl (C=O) groups excluding carboxylic acids is 1. The highest BCUT2D eigenvalue weighted by Gasteiger charge is 2.19. The highest BCUT2D eigenvalue weighted by Crippen LogP contribution is 2.03. The molecule has 90 valence electrons. The van der Waals surface area contributed by atoms with Crippen molar-refractivity contribution in [3.63, 3.8) is 0 Å². The van der Waals surface area contributed by atoms with E-state index in [-0.39, 0.29) is 18.0 Å². The average molecular weight is 215 g/mol. The molecule has 0 aliphatic rings. The Bertz CT molecular complexity index is 183. The fourth-order valence-electron chi connectivity index (χ4n) is 1.55. The highest BCUT2D eigenvalue weighted by molar-refractivity contribution is 5.81. The van der Waals surface area contributed by atoms with Gasteiger partial charge in [0.2, 0.25) is 0 Å². The minimum absolute atomic E-state index is 0.0756. The lowest BCUT2D eigenvalue weighted by Gasteiger charge is -2.26. The normalized spacial score (nSPS) is 15.3. The zero-order chi connectivity index (χ0) is 11.8. The first-order valence-corrected chi connectivity index (χ1v) is 5.66. The van der Waals surface area contributed by atoms with Crippen LogP contribution in [-0.2, 0) is 4.79 Å². The van der Waals surface area contributed by atoms with E-state index < -0.39 is 0 Å². The molecule has 4 nitrogen and oxygen atoms in total. The zero-order valence-corrected chi connectivity index (χ0v) is 10.3. The maximum atomic E-state index is 11.4. The van der Waals surface area contributed by atoms with E-state index in [0.29, 0.717) is 12.5 Å². The lowest BCUT2D eigenvalue weighted by atomic mass is 10.0. The SMILES string of the molecule is CNC(NC(CCCN)C(C)=O)C(C)C. The molecule has 0 saturated heterocycles. The maximum absolute atomic E-state index is 11.4. The molecule has 2 unspecified atom stereocenters. The second kappa shape index (κ2) is 7.79. The van der Waals surface area contributed by atoms with Crippen LogP contribution in [-0.4, -0.2) is 31.6 Å². The summed E-state index contributed by atoms with van der Waals surface area (Å²) in [6.07, 6.45) is 1.87. The molecule has 0 aromatic heterocycles. The Morgan fingerprint density at radius 3 is 2.33 bits per heavy atom. The molecule has 0 bridgehead atoms. The topological polar surface area (TPSA) is 67.2 Å². The quantitative estimate of drug-likeness (QED) is 0.515. The highest BCUT2D eigenvalue weighted by atomic mass is 16.1. The lowest BCUT2D eigenvalue weighted by molar-refractivity contribution is -0.119. The molecule has 0 spiro atoms. The van der Waals surface area contributed by atoms with Gasteiger partial charge < -0.3 is 11.1 Å². The van der Waals surface area contributed by atoms with E-state index in [1.807, 2.05) is 7.05 Å². The monoisotopic (exact) mass is 215 g/mol. The number of Topliss-reactive ketones (excluding diaryl/α,β-unsaturated/α-hetero) is 1. The summed E-state index contributed by atoms with van der Waals surface area (Å²) in [6, 6.07) is -0.0756. The van der Waals surface area contributed by atoms with Crippen molar-refractivity contribution in [2.75, 3.05) is 13.6 Å². The Labute approximate surface area is 93.0 Å². The minimum atomic E-state index is -0.0756. The van der Waals surface area contributed by atoms with Crippen LogP contribution in [0.3, 0.4) is 0 Å². The van der Waals surface area contributed by atoms with Gasteiger partial charge in [-0.1, -0.05) is 13.8 Å². The van der Waals surface area contributed by atoms with E-state index in [4.69, 9.17) is 5.73 Å². The van der Waals surface area contributed by atoms with Gasteiger partial charge in [-0.2, -0.15) is 0 Å². The van der Waals surface area contributed by atoms with Crippen LogP contribution in [0.15, 0.2) is 0 Å². The summed E-state index contributed by atoms with van der Waals surface area (Å²) >= 11 is 0. The Morgan fingerprint density at radius 2 is 2.00 bits per heavy atom. The molecule has 0 saturated carbocycles. The van der Waals surface area contributed by atoms with E-state index in [1.165, 1.54) is 0 Å². The molecule has 0 rings (SSSR count). The summed E-state index contributed by atoms with van der Waals surface area (Å²) < 4.78 is 0. The van der Waals surface area contributed by atoms with Crippen molar-refractivity contribution >= 4 is 5.78 Å². The van der Waals surface area contributed by atoms with Crippen LogP contribution in [0, 0.1) is 5.92 Å². The van der Waals surface area contributed by atoms with Crippen LogP contribution >= 0.6 is 0 Å². The largest absolute Gasteiger partial charge is 0.330 e. The predicted molar refractivity (Wildman–Crippen MR) is 63.6 cm³/mol. The molecular weight excluding hydrogens is 190 g/mol. The molecule has 4 N–H and O–H groups in total. The fraction of sp³-hybridized carbons (Fsp3) is 0.909. The number of hydrogen-bond donors (Lipinski definition) is 3. The second-order valence-corrected chi connectivity index (χ2v) is 4.27. The molecule has 0 fully saturated rings. The number of nitrogens with one attached hydrogen (secondary N) is 2. The number of carbonyl (C=O) groups is 1. The summed E-state index contributed by atoms with van der Waals surface area (Å²) in [5.74, 6) is 0.638. The van der Waals surface area contributed by atoms with Gasteiger partial charge in [0.25, 0.3) is 0 Å². The first-order chi connectivity index (χ1) is 7.02. The summed E-state index contributed by atoms with van der Waals surface area (Å²) in [5.41, 5.74) is 5.45. The Morgan fingerprint density at radius 1 is 1.40 bits per heavy atom. The molecule has 15 heavy (non-hydrogen) atoms. The van der Waals surface area contributed by atoms with Crippen molar-refractivity contribution in [3.05, 3.63) is 0 Å². The molecule has 0 aliphatic heterocycles. The molecule has 0 aliphatic carbocycles. The predicted octanol–water partition coefficient (Wildman–Crippen LogP) is 0.474. The molecule has 0 aromatic carbocycles. The maximum Gasteiger partial charge on any atom is 0.146 e. The Balaban J connectivity index is 4.18. The standard InChI is InChI=1S/C11H25N3O/c1-8(2)11(13-4)14-10(9(3)15)6-5-7-12/h8,10-11,13-14H,5-7,12H2,1-4H3. The van der Waals surface area contributed by atoms with Gasteiger partial charge in [-0.05, 0) is 39.3 Å².